The molecule has 1 aromatic carbocycles. The molecule has 0 bridgehead atoms. The minimum atomic E-state index is -0.183. The SMILES string of the molecule is CC(Sc1ncc[nH]1)C(=O)NC(C)c1ccccc1. The van der Waals surface area contributed by atoms with E-state index in [4.69, 9.17) is 0 Å². The summed E-state index contributed by atoms with van der Waals surface area (Å²) in [5, 5.41) is 3.58. The van der Waals surface area contributed by atoms with Gasteiger partial charge in [-0.25, -0.2) is 4.98 Å². The third kappa shape index (κ3) is 3.86. The van der Waals surface area contributed by atoms with Gasteiger partial charge in [-0.2, -0.15) is 0 Å². The van der Waals surface area contributed by atoms with Gasteiger partial charge in [0, 0.05) is 12.4 Å². The highest BCUT2D eigenvalue weighted by molar-refractivity contribution is 8.00. The summed E-state index contributed by atoms with van der Waals surface area (Å²) in [6.07, 6.45) is 3.43. The highest BCUT2D eigenvalue weighted by Crippen LogP contribution is 2.20. The molecule has 0 spiro atoms. The molecule has 2 N–H and O–H groups in total. The smallest absolute Gasteiger partial charge is 0.233 e. The molecule has 0 aliphatic heterocycles. The quantitative estimate of drug-likeness (QED) is 0.825. The van der Waals surface area contributed by atoms with E-state index in [1.807, 2.05) is 44.2 Å². The average molecular weight is 275 g/mol. The molecule has 100 valence electrons. The third-order valence-corrected chi connectivity index (χ3v) is 3.80. The Kier molecular flexibility index (Phi) is 4.63. The largest absolute Gasteiger partial charge is 0.349 e. The lowest BCUT2D eigenvalue weighted by Crippen LogP contribution is -2.33. The van der Waals surface area contributed by atoms with Crippen molar-refractivity contribution in [3.63, 3.8) is 0 Å². The summed E-state index contributed by atoms with van der Waals surface area (Å²) in [4.78, 5) is 19.2. The van der Waals surface area contributed by atoms with Gasteiger partial charge in [-0.05, 0) is 19.4 Å². The molecule has 1 amide bonds. The summed E-state index contributed by atoms with van der Waals surface area (Å²) in [5.74, 6) is 0.0118. The zero-order chi connectivity index (χ0) is 13.7. The van der Waals surface area contributed by atoms with Gasteiger partial charge in [-0.1, -0.05) is 42.1 Å². The van der Waals surface area contributed by atoms with E-state index in [1.54, 1.807) is 12.4 Å². The van der Waals surface area contributed by atoms with Gasteiger partial charge >= 0.3 is 0 Å². The van der Waals surface area contributed by atoms with Gasteiger partial charge in [0.05, 0.1) is 11.3 Å². The fourth-order valence-corrected chi connectivity index (χ4v) is 2.46. The van der Waals surface area contributed by atoms with Crippen LogP contribution in [0.2, 0.25) is 0 Å². The zero-order valence-electron chi connectivity index (χ0n) is 11.0. The summed E-state index contributed by atoms with van der Waals surface area (Å²) < 4.78 is 0. The molecule has 2 atom stereocenters. The van der Waals surface area contributed by atoms with Crippen LogP contribution < -0.4 is 5.32 Å². The van der Waals surface area contributed by atoms with E-state index in [0.29, 0.717) is 0 Å². The summed E-state index contributed by atoms with van der Waals surface area (Å²) in [7, 11) is 0. The van der Waals surface area contributed by atoms with Crippen LogP contribution in [-0.2, 0) is 4.79 Å². The molecular weight excluding hydrogens is 258 g/mol. The lowest BCUT2D eigenvalue weighted by molar-refractivity contribution is -0.120. The van der Waals surface area contributed by atoms with Crippen molar-refractivity contribution < 1.29 is 4.79 Å². The summed E-state index contributed by atoms with van der Waals surface area (Å²) >= 11 is 1.42. The Morgan fingerprint density at radius 1 is 1.32 bits per heavy atom. The Morgan fingerprint density at radius 2 is 2.05 bits per heavy atom. The number of nitrogens with zero attached hydrogens (tertiary/aromatic N) is 1. The molecular formula is C14H17N3OS. The number of hydrogen-bond donors (Lipinski definition) is 2. The molecule has 0 saturated heterocycles. The number of benzene rings is 1. The maximum atomic E-state index is 12.1. The van der Waals surface area contributed by atoms with Crippen molar-refractivity contribution in [2.45, 2.75) is 30.3 Å². The van der Waals surface area contributed by atoms with Crippen LogP contribution in [-0.4, -0.2) is 21.1 Å². The number of carbonyl (C=O) groups is 1. The lowest BCUT2D eigenvalue weighted by atomic mass is 10.1. The third-order valence-electron chi connectivity index (χ3n) is 2.79. The molecule has 1 aromatic heterocycles. The normalized spacial score (nSPS) is 13.8. The van der Waals surface area contributed by atoms with E-state index in [2.05, 4.69) is 15.3 Å². The van der Waals surface area contributed by atoms with Crippen molar-refractivity contribution in [1.29, 1.82) is 0 Å². The molecule has 0 radical (unpaired) electrons. The van der Waals surface area contributed by atoms with Crippen molar-refractivity contribution in [1.82, 2.24) is 15.3 Å². The summed E-state index contributed by atoms with van der Waals surface area (Å²) in [6, 6.07) is 9.93. The molecule has 1 heterocycles. The topological polar surface area (TPSA) is 57.8 Å². The fraction of sp³-hybridized carbons (Fsp3) is 0.286. The highest BCUT2D eigenvalue weighted by atomic mass is 32.2. The molecule has 0 fully saturated rings. The highest BCUT2D eigenvalue weighted by Gasteiger charge is 2.17. The first-order chi connectivity index (χ1) is 9.16. The second-order valence-electron chi connectivity index (χ2n) is 4.30. The first-order valence-corrected chi connectivity index (χ1v) is 7.06. The van der Waals surface area contributed by atoms with Gasteiger partial charge < -0.3 is 10.3 Å². The van der Waals surface area contributed by atoms with Crippen molar-refractivity contribution in [2.24, 2.45) is 0 Å². The number of carbonyl (C=O) groups excluding carboxylic acids is 1. The van der Waals surface area contributed by atoms with E-state index >= 15 is 0 Å². The van der Waals surface area contributed by atoms with Crippen LogP contribution in [0, 0.1) is 0 Å². The molecule has 0 aliphatic rings. The molecule has 19 heavy (non-hydrogen) atoms. The minimum absolute atomic E-state index is 0.00773. The van der Waals surface area contributed by atoms with Crippen molar-refractivity contribution in [3.05, 3.63) is 48.3 Å². The van der Waals surface area contributed by atoms with Gasteiger partial charge in [0.2, 0.25) is 5.91 Å². The van der Waals surface area contributed by atoms with E-state index in [1.165, 1.54) is 11.8 Å². The van der Waals surface area contributed by atoms with Crippen LogP contribution >= 0.6 is 11.8 Å². The first-order valence-electron chi connectivity index (χ1n) is 6.18. The number of nitrogens with one attached hydrogen (secondary N) is 2. The van der Waals surface area contributed by atoms with Gasteiger partial charge in [-0.3, -0.25) is 4.79 Å². The second-order valence-corrected chi connectivity index (χ2v) is 5.62. The maximum absolute atomic E-state index is 12.1. The molecule has 2 aromatic rings. The average Bonchev–Trinajstić information content (AvgIpc) is 2.92. The van der Waals surface area contributed by atoms with Gasteiger partial charge in [-0.15, -0.1) is 0 Å². The number of H-pyrrole nitrogens is 1. The first kappa shape index (κ1) is 13.7. The van der Waals surface area contributed by atoms with Crippen LogP contribution in [0.3, 0.4) is 0 Å². The Hall–Kier alpha value is -1.75. The van der Waals surface area contributed by atoms with Gasteiger partial charge in [0.15, 0.2) is 5.16 Å². The Morgan fingerprint density at radius 3 is 2.68 bits per heavy atom. The Bertz CT molecular complexity index is 513. The van der Waals surface area contributed by atoms with Crippen LogP contribution in [0.1, 0.15) is 25.5 Å². The number of aromatic nitrogens is 2. The van der Waals surface area contributed by atoms with Crippen molar-refractivity contribution in [2.75, 3.05) is 0 Å². The predicted molar refractivity (Wildman–Crippen MR) is 76.9 cm³/mol. The Labute approximate surface area is 117 Å². The van der Waals surface area contributed by atoms with Crippen LogP contribution in [0.4, 0.5) is 0 Å². The van der Waals surface area contributed by atoms with Crippen LogP contribution in [0.5, 0.6) is 0 Å². The van der Waals surface area contributed by atoms with Gasteiger partial charge in [0.1, 0.15) is 0 Å². The molecule has 5 heteroatoms. The van der Waals surface area contributed by atoms with Crippen molar-refractivity contribution in [3.8, 4) is 0 Å². The standard InChI is InChI=1S/C14H17N3OS/c1-10(12-6-4-3-5-7-12)17-13(18)11(2)19-14-15-8-9-16-14/h3-11H,1-2H3,(H,15,16)(H,17,18). The maximum Gasteiger partial charge on any atom is 0.233 e. The Balaban J connectivity index is 1.90. The predicted octanol–water partition coefficient (Wildman–Crippen LogP) is 2.77. The summed E-state index contributed by atoms with van der Waals surface area (Å²) in [6.45, 7) is 3.86. The van der Waals surface area contributed by atoms with Crippen LogP contribution in [0.15, 0.2) is 47.9 Å². The molecule has 4 nitrogen and oxygen atoms in total. The number of aromatic amines is 1. The zero-order valence-corrected chi connectivity index (χ0v) is 11.8. The monoisotopic (exact) mass is 275 g/mol. The van der Waals surface area contributed by atoms with E-state index < -0.39 is 0 Å². The molecule has 2 rings (SSSR count). The number of thioether (sulfide) groups is 1. The second kappa shape index (κ2) is 6.43. The number of rotatable bonds is 5. The molecule has 0 saturated carbocycles. The fourth-order valence-electron chi connectivity index (χ4n) is 1.69. The van der Waals surface area contributed by atoms with Gasteiger partial charge in [0.25, 0.3) is 0 Å². The van der Waals surface area contributed by atoms with E-state index in [0.717, 1.165) is 10.7 Å². The summed E-state index contributed by atoms with van der Waals surface area (Å²) in [5.41, 5.74) is 1.10. The van der Waals surface area contributed by atoms with E-state index in [9.17, 15) is 4.79 Å². The van der Waals surface area contributed by atoms with E-state index in [-0.39, 0.29) is 17.2 Å². The molecule has 0 aliphatic carbocycles. The lowest BCUT2D eigenvalue weighted by Gasteiger charge is -2.17. The number of imidazole rings is 1. The number of hydrogen-bond acceptors (Lipinski definition) is 3. The molecule has 2 unspecified atom stereocenters. The van der Waals surface area contributed by atoms with Crippen molar-refractivity contribution >= 4 is 17.7 Å². The van der Waals surface area contributed by atoms with Crippen LogP contribution in [0.25, 0.3) is 0 Å². The minimum Gasteiger partial charge on any atom is -0.349 e. The number of amides is 1.